The second kappa shape index (κ2) is 6.07. The zero-order valence-corrected chi connectivity index (χ0v) is 12.3. The quantitative estimate of drug-likeness (QED) is 0.854. The van der Waals surface area contributed by atoms with Crippen molar-refractivity contribution < 1.29 is 17.2 Å². The molecule has 3 N–H and O–H groups in total. The highest BCUT2D eigenvalue weighted by molar-refractivity contribution is 7.89. The minimum atomic E-state index is -4.29. The second-order valence-electron chi connectivity index (χ2n) is 3.58. The highest BCUT2D eigenvalue weighted by atomic mass is 35.5. The Bertz CT molecular complexity index is 558. The van der Waals surface area contributed by atoms with Gasteiger partial charge in [0.1, 0.15) is 4.90 Å². The largest absolute Gasteiger partial charge is 0.325 e. The van der Waals surface area contributed by atoms with Crippen LogP contribution in [0.15, 0.2) is 17.0 Å². The molecule has 1 aromatic rings. The third-order valence-corrected chi connectivity index (χ3v) is 4.59. The molecule has 0 unspecified atom stereocenters. The van der Waals surface area contributed by atoms with E-state index >= 15 is 0 Å². The van der Waals surface area contributed by atoms with Gasteiger partial charge in [-0.2, -0.15) is 0 Å². The lowest BCUT2D eigenvalue weighted by atomic mass is 10.3. The zero-order valence-electron chi connectivity index (χ0n) is 9.26. The third-order valence-electron chi connectivity index (χ3n) is 2.05. The van der Waals surface area contributed by atoms with E-state index in [2.05, 4.69) is 0 Å². The van der Waals surface area contributed by atoms with Gasteiger partial charge < -0.3 is 5.73 Å². The first-order valence-corrected chi connectivity index (χ1v) is 7.43. The molecule has 0 atom stereocenters. The number of nitrogens with one attached hydrogen (secondary N) is 1. The van der Waals surface area contributed by atoms with Gasteiger partial charge in [0.25, 0.3) is 5.92 Å². The van der Waals surface area contributed by atoms with Crippen molar-refractivity contribution in [1.82, 2.24) is 4.72 Å². The molecule has 10 heteroatoms. The summed E-state index contributed by atoms with van der Waals surface area (Å²) in [6, 6.07) is 2.29. The van der Waals surface area contributed by atoms with Gasteiger partial charge in [-0.05, 0) is 12.1 Å². The van der Waals surface area contributed by atoms with Crippen LogP contribution < -0.4 is 10.5 Å². The van der Waals surface area contributed by atoms with Gasteiger partial charge in [0, 0.05) is 5.02 Å². The predicted molar refractivity (Wildman–Crippen MR) is 70.7 cm³/mol. The molecule has 1 aromatic carbocycles. The Labute approximate surface area is 123 Å². The van der Waals surface area contributed by atoms with Crippen LogP contribution in [0.5, 0.6) is 0 Å². The lowest BCUT2D eigenvalue weighted by Gasteiger charge is -2.16. The Morgan fingerprint density at radius 1 is 1.21 bits per heavy atom. The molecule has 0 radical (unpaired) electrons. The van der Waals surface area contributed by atoms with E-state index in [1.165, 1.54) is 0 Å². The first kappa shape index (κ1) is 16.9. The number of alkyl halides is 2. The minimum Gasteiger partial charge on any atom is -0.325 e. The molecule has 0 aliphatic rings. The van der Waals surface area contributed by atoms with Crippen LogP contribution in [0.1, 0.15) is 0 Å². The van der Waals surface area contributed by atoms with Gasteiger partial charge in [-0.15, -0.1) is 0 Å². The molecule has 0 saturated heterocycles. The van der Waals surface area contributed by atoms with E-state index < -0.39 is 33.9 Å². The molecule has 0 amide bonds. The summed E-state index contributed by atoms with van der Waals surface area (Å²) >= 11 is 17.0. The molecule has 0 aromatic heterocycles. The summed E-state index contributed by atoms with van der Waals surface area (Å²) in [6.45, 7) is -2.14. The maximum atomic E-state index is 12.9. The summed E-state index contributed by atoms with van der Waals surface area (Å²) in [4.78, 5) is -0.506. The van der Waals surface area contributed by atoms with Gasteiger partial charge in [0.05, 0.1) is 23.1 Å². The molecular weight excluding hydrogens is 345 g/mol. The van der Waals surface area contributed by atoms with Crippen molar-refractivity contribution in [1.29, 1.82) is 0 Å². The van der Waals surface area contributed by atoms with Crippen LogP contribution in [0.25, 0.3) is 0 Å². The van der Waals surface area contributed by atoms with E-state index in [9.17, 15) is 17.2 Å². The van der Waals surface area contributed by atoms with E-state index in [1.807, 2.05) is 0 Å². The van der Waals surface area contributed by atoms with Crippen molar-refractivity contribution in [3.05, 3.63) is 27.2 Å². The lowest BCUT2D eigenvalue weighted by molar-refractivity contribution is 0.0170. The van der Waals surface area contributed by atoms with Crippen LogP contribution in [-0.2, 0) is 10.0 Å². The molecule has 0 spiro atoms. The summed E-state index contributed by atoms with van der Waals surface area (Å²) in [7, 11) is -4.29. The van der Waals surface area contributed by atoms with Crippen molar-refractivity contribution >= 4 is 44.8 Å². The standard InChI is InChI=1S/C9H9Cl3F2N2O2S/c10-5-1-6(11)8(7(12)2-5)19(17,18)16-4-9(13,14)3-15/h1-2,16H,3-4,15H2. The van der Waals surface area contributed by atoms with Crippen molar-refractivity contribution in [3.8, 4) is 0 Å². The van der Waals surface area contributed by atoms with Crippen molar-refractivity contribution in [3.63, 3.8) is 0 Å². The summed E-state index contributed by atoms with van der Waals surface area (Å²) in [6.07, 6.45) is 0. The number of rotatable bonds is 5. The third kappa shape index (κ3) is 4.40. The van der Waals surface area contributed by atoms with Crippen LogP contribution in [0.2, 0.25) is 15.1 Å². The average molecular weight is 354 g/mol. The minimum absolute atomic E-state index is 0.126. The van der Waals surface area contributed by atoms with Gasteiger partial charge >= 0.3 is 0 Å². The fourth-order valence-corrected chi connectivity index (χ4v) is 3.73. The van der Waals surface area contributed by atoms with Gasteiger partial charge in [0.15, 0.2) is 0 Å². The Hall–Kier alpha value is -0.180. The summed E-state index contributed by atoms with van der Waals surface area (Å²) in [5, 5.41) is -0.400. The number of benzene rings is 1. The topological polar surface area (TPSA) is 72.2 Å². The molecule has 0 aliphatic heterocycles. The molecule has 0 heterocycles. The summed E-state index contributed by atoms with van der Waals surface area (Å²) in [5.41, 5.74) is 4.80. The number of nitrogens with two attached hydrogens (primary N) is 1. The van der Waals surface area contributed by atoms with E-state index in [4.69, 9.17) is 40.5 Å². The Kier molecular flexibility index (Phi) is 5.39. The molecular formula is C9H9Cl3F2N2O2S. The highest BCUT2D eigenvalue weighted by Gasteiger charge is 2.31. The molecule has 4 nitrogen and oxygen atoms in total. The van der Waals surface area contributed by atoms with Gasteiger partial charge in [0.2, 0.25) is 10.0 Å². The van der Waals surface area contributed by atoms with Gasteiger partial charge in [-0.3, -0.25) is 0 Å². The molecule has 0 bridgehead atoms. The summed E-state index contributed by atoms with van der Waals surface area (Å²) in [5.74, 6) is -3.36. The van der Waals surface area contributed by atoms with Crippen LogP contribution >= 0.6 is 34.8 Å². The number of hydrogen-bond acceptors (Lipinski definition) is 3. The van der Waals surface area contributed by atoms with Crippen LogP contribution in [0.3, 0.4) is 0 Å². The second-order valence-corrected chi connectivity index (χ2v) is 6.54. The van der Waals surface area contributed by atoms with E-state index in [0.29, 0.717) is 0 Å². The van der Waals surface area contributed by atoms with E-state index in [-0.39, 0.29) is 15.1 Å². The fraction of sp³-hybridized carbons (Fsp3) is 0.333. The lowest BCUT2D eigenvalue weighted by Crippen LogP contribution is -2.41. The first-order chi connectivity index (χ1) is 8.59. The molecule has 108 valence electrons. The Morgan fingerprint density at radius 2 is 1.68 bits per heavy atom. The van der Waals surface area contributed by atoms with Crippen LogP contribution in [0, 0.1) is 0 Å². The SMILES string of the molecule is NCC(F)(F)CNS(=O)(=O)c1c(Cl)cc(Cl)cc1Cl. The zero-order chi connectivity index (χ0) is 14.8. The summed E-state index contributed by atoms with van der Waals surface area (Å²) < 4.78 is 51.2. The highest BCUT2D eigenvalue weighted by Crippen LogP contribution is 2.32. The molecule has 1 rings (SSSR count). The number of hydrogen-bond donors (Lipinski definition) is 2. The molecule has 0 fully saturated rings. The van der Waals surface area contributed by atoms with Crippen LogP contribution in [-0.4, -0.2) is 27.4 Å². The van der Waals surface area contributed by atoms with Gasteiger partial charge in [-0.25, -0.2) is 21.9 Å². The number of halogens is 5. The first-order valence-electron chi connectivity index (χ1n) is 4.81. The Morgan fingerprint density at radius 3 is 2.11 bits per heavy atom. The molecule has 0 saturated carbocycles. The number of sulfonamides is 1. The smallest absolute Gasteiger partial charge is 0.273 e. The fourth-order valence-electron chi connectivity index (χ4n) is 1.13. The normalized spacial score (nSPS) is 12.7. The molecule has 0 aliphatic carbocycles. The Balaban J connectivity index is 3.09. The average Bonchev–Trinajstić information content (AvgIpc) is 2.25. The van der Waals surface area contributed by atoms with Gasteiger partial charge in [-0.1, -0.05) is 34.8 Å². The maximum Gasteiger partial charge on any atom is 0.273 e. The molecule has 19 heavy (non-hydrogen) atoms. The van der Waals surface area contributed by atoms with Crippen LogP contribution in [0.4, 0.5) is 8.78 Å². The monoisotopic (exact) mass is 352 g/mol. The van der Waals surface area contributed by atoms with Crippen molar-refractivity contribution in [2.75, 3.05) is 13.1 Å². The van der Waals surface area contributed by atoms with E-state index in [0.717, 1.165) is 12.1 Å². The maximum absolute atomic E-state index is 12.9. The van der Waals surface area contributed by atoms with E-state index in [1.54, 1.807) is 4.72 Å². The van der Waals surface area contributed by atoms with Crippen molar-refractivity contribution in [2.24, 2.45) is 5.73 Å². The van der Waals surface area contributed by atoms with Crippen molar-refractivity contribution in [2.45, 2.75) is 10.8 Å². The predicted octanol–water partition coefficient (Wildman–Crippen LogP) is 2.52.